The number of halogens is 3. The summed E-state index contributed by atoms with van der Waals surface area (Å²) in [5.41, 5.74) is 6.25. The van der Waals surface area contributed by atoms with Crippen molar-refractivity contribution in [1.82, 2.24) is 0 Å². The SMILES string of the molecule is C=C(C=N)c1ccc2c(c1)CC(C)N(c1ccc(CC(F)(F)F)cc1)C2c1ccccc1. The quantitative estimate of drug-likeness (QED) is 0.430. The number of nitrogens with one attached hydrogen (secondary N) is 1. The van der Waals surface area contributed by atoms with Gasteiger partial charge in [-0.05, 0) is 58.9 Å². The largest absolute Gasteiger partial charge is 0.393 e. The molecule has 32 heavy (non-hydrogen) atoms. The third kappa shape index (κ3) is 4.47. The molecular weight excluding hydrogens is 409 g/mol. The van der Waals surface area contributed by atoms with E-state index in [9.17, 15) is 13.2 Å². The minimum Gasteiger partial charge on any atom is -0.357 e. The molecule has 5 heteroatoms. The van der Waals surface area contributed by atoms with Crippen molar-refractivity contribution < 1.29 is 13.2 Å². The summed E-state index contributed by atoms with van der Waals surface area (Å²) in [4.78, 5) is 2.29. The molecule has 0 aliphatic carbocycles. The zero-order valence-electron chi connectivity index (χ0n) is 17.9. The van der Waals surface area contributed by atoms with Crippen LogP contribution in [0.15, 0.2) is 79.4 Å². The average molecular weight is 435 g/mol. The second-order valence-corrected chi connectivity index (χ2v) is 8.32. The van der Waals surface area contributed by atoms with E-state index >= 15 is 0 Å². The Balaban J connectivity index is 1.78. The fourth-order valence-corrected chi connectivity index (χ4v) is 4.55. The highest BCUT2D eigenvalue weighted by molar-refractivity contribution is 6.07. The summed E-state index contributed by atoms with van der Waals surface area (Å²) in [7, 11) is 0. The van der Waals surface area contributed by atoms with Crippen LogP contribution < -0.4 is 4.90 Å². The van der Waals surface area contributed by atoms with Crippen LogP contribution in [0.25, 0.3) is 5.57 Å². The van der Waals surface area contributed by atoms with E-state index in [4.69, 9.17) is 5.41 Å². The Hall–Kier alpha value is -3.34. The first kappa shape index (κ1) is 21.9. The zero-order chi connectivity index (χ0) is 22.9. The molecule has 164 valence electrons. The lowest BCUT2D eigenvalue weighted by molar-refractivity contribution is -0.127. The smallest absolute Gasteiger partial charge is 0.357 e. The second-order valence-electron chi connectivity index (χ2n) is 8.32. The van der Waals surface area contributed by atoms with Gasteiger partial charge in [-0.1, -0.05) is 67.2 Å². The number of nitrogens with zero attached hydrogens (tertiary/aromatic N) is 1. The van der Waals surface area contributed by atoms with Crippen molar-refractivity contribution in [2.75, 3.05) is 4.90 Å². The molecule has 0 aromatic heterocycles. The molecule has 4 rings (SSSR count). The lowest BCUT2D eigenvalue weighted by Crippen LogP contribution is -2.43. The predicted molar refractivity (Wildman–Crippen MR) is 124 cm³/mol. The molecule has 2 nitrogen and oxygen atoms in total. The van der Waals surface area contributed by atoms with E-state index in [1.54, 1.807) is 24.3 Å². The van der Waals surface area contributed by atoms with Crippen molar-refractivity contribution in [1.29, 1.82) is 5.41 Å². The first-order valence-electron chi connectivity index (χ1n) is 10.6. The Bertz CT molecular complexity index is 1120. The van der Waals surface area contributed by atoms with Gasteiger partial charge in [0.25, 0.3) is 0 Å². The van der Waals surface area contributed by atoms with Crippen LogP contribution in [-0.4, -0.2) is 18.4 Å². The summed E-state index contributed by atoms with van der Waals surface area (Å²) in [5.74, 6) is 0. The topological polar surface area (TPSA) is 27.1 Å². The highest BCUT2D eigenvalue weighted by Crippen LogP contribution is 2.41. The monoisotopic (exact) mass is 434 g/mol. The van der Waals surface area contributed by atoms with E-state index in [1.807, 2.05) is 24.3 Å². The van der Waals surface area contributed by atoms with Crippen LogP contribution in [0.1, 0.15) is 40.8 Å². The van der Waals surface area contributed by atoms with Crippen LogP contribution in [-0.2, 0) is 12.8 Å². The van der Waals surface area contributed by atoms with Crippen molar-refractivity contribution in [2.24, 2.45) is 0 Å². The van der Waals surface area contributed by atoms with Crippen LogP contribution in [0.3, 0.4) is 0 Å². The summed E-state index contributed by atoms with van der Waals surface area (Å²) in [5, 5.41) is 7.51. The van der Waals surface area contributed by atoms with Crippen LogP contribution in [0.2, 0.25) is 0 Å². The summed E-state index contributed by atoms with van der Waals surface area (Å²) in [6, 6.07) is 23.1. The number of benzene rings is 3. The Kier molecular flexibility index (Phi) is 5.92. The van der Waals surface area contributed by atoms with Crippen molar-refractivity contribution in [3.8, 4) is 0 Å². The first-order chi connectivity index (χ1) is 15.3. The van der Waals surface area contributed by atoms with Crippen molar-refractivity contribution in [3.05, 3.63) is 107 Å². The first-order valence-corrected chi connectivity index (χ1v) is 10.6. The molecule has 1 N–H and O–H groups in total. The van der Waals surface area contributed by atoms with Gasteiger partial charge < -0.3 is 10.3 Å². The zero-order valence-corrected chi connectivity index (χ0v) is 17.9. The van der Waals surface area contributed by atoms with Gasteiger partial charge in [-0.2, -0.15) is 13.2 Å². The number of anilines is 1. The fraction of sp³-hybridized carbons (Fsp3) is 0.222. The number of hydrogen-bond donors (Lipinski definition) is 1. The Morgan fingerprint density at radius 3 is 2.38 bits per heavy atom. The molecule has 1 heterocycles. The van der Waals surface area contributed by atoms with E-state index in [0.717, 1.165) is 28.8 Å². The molecule has 2 atom stereocenters. The molecule has 0 saturated carbocycles. The predicted octanol–water partition coefficient (Wildman–Crippen LogP) is 6.99. The van der Waals surface area contributed by atoms with E-state index in [1.165, 1.54) is 11.8 Å². The highest BCUT2D eigenvalue weighted by atomic mass is 19.4. The Morgan fingerprint density at radius 1 is 1.06 bits per heavy atom. The molecule has 0 spiro atoms. The molecular formula is C27H25F3N2. The third-order valence-corrected chi connectivity index (χ3v) is 6.01. The minimum atomic E-state index is -4.22. The molecule has 1 aliphatic rings. The molecule has 0 fully saturated rings. The van der Waals surface area contributed by atoms with Crippen molar-refractivity contribution in [3.63, 3.8) is 0 Å². The fourth-order valence-electron chi connectivity index (χ4n) is 4.55. The summed E-state index contributed by atoms with van der Waals surface area (Å²) >= 11 is 0. The van der Waals surface area contributed by atoms with Gasteiger partial charge in [0.2, 0.25) is 0 Å². The van der Waals surface area contributed by atoms with E-state index in [2.05, 4.69) is 42.7 Å². The van der Waals surface area contributed by atoms with Crippen LogP contribution in [0.4, 0.5) is 18.9 Å². The maximum Gasteiger partial charge on any atom is 0.393 e. The highest BCUT2D eigenvalue weighted by Gasteiger charge is 2.34. The van der Waals surface area contributed by atoms with Crippen LogP contribution >= 0.6 is 0 Å². The Labute approximate surface area is 186 Å². The van der Waals surface area contributed by atoms with Crippen molar-refractivity contribution in [2.45, 2.75) is 38.0 Å². The van der Waals surface area contributed by atoms with Crippen molar-refractivity contribution >= 4 is 17.5 Å². The molecule has 3 aromatic rings. The standard InChI is InChI=1S/C27H25F3N2/c1-18(17-31)22-10-13-25-23(15-22)14-19(2)32(26(25)21-6-4-3-5-7-21)24-11-8-20(9-12-24)16-27(28,29)30/h3-13,15,17,19,26,31H,1,14,16H2,2H3. The number of alkyl halides is 3. The van der Waals surface area contributed by atoms with E-state index < -0.39 is 12.6 Å². The molecule has 0 saturated heterocycles. The number of allylic oxidation sites excluding steroid dienone is 1. The van der Waals surface area contributed by atoms with Gasteiger partial charge in [0.05, 0.1) is 12.5 Å². The molecule has 3 aromatic carbocycles. The second kappa shape index (κ2) is 8.65. The average Bonchev–Trinajstić information content (AvgIpc) is 2.77. The van der Waals surface area contributed by atoms with Crippen LogP contribution in [0, 0.1) is 5.41 Å². The Morgan fingerprint density at radius 2 is 1.75 bits per heavy atom. The molecule has 0 bridgehead atoms. The van der Waals surface area contributed by atoms with Crippen LogP contribution in [0.5, 0.6) is 0 Å². The van der Waals surface area contributed by atoms with Gasteiger partial charge in [0, 0.05) is 17.9 Å². The molecule has 2 unspecified atom stereocenters. The summed E-state index contributed by atoms with van der Waals surface area (Å²) < 4.78 is 38.4. The normalized spacial score (nSPS) is 18.2. The van der Waals surface area contributed by atoms with Gasteiger partial charge in [0.15, 0.2) is 0 Å². The summed E-state index contributed by atoms with van der Waals surface area (Å²) in [6.07, 6.45) is -3.09. The van der Waals surface area contributed by atoms with Gasteiger partial charge in [-0.25, -0.2) is 0 Å². The van der Waals surface area contributed by atoms with E-state index in [0.29, 0.717) is 5.57 Å². The van der Waals surface area contributed by atoms with E-state index in [-0.39, 0.29) is 17.6 Å². The number of fused-ring (bicyclic) bond motifs is 1. The molecule has 1 aliphatic heterocycles. The van der Waals surface area contributed by atoms with Gasteiger partial charge in [-0.15, -0.1) is 0 Å². The lowest BCUT2D eigenvalue weighted by atomic mass is 9.83. The molecule has 0 radical (unpaired) electrons. The lowest BCUT2D eigenvalue weighted by Gasteiger charge is -2.44. The van der Waals surface area contributed by atoms with Gasteiger partial charge in [0.1, 0.15) is 0 Å². The van der Waals surface area contributed by atoms with Gasteiger partial charge in [-0.3, -0.25) is 0 Å². The summed E-state index contributed by atoms with van der Waals surface area (Å²) in [6.45, 7) is 6.09. The number of rotatable bonds is 5. The third-order valence-electron chi connectivity index (χ3n) is 6.01. The minimum absolute atomic E-state index is 0.0642. The number of hydrogen-bond acceptors (Lipinski definition) is 2. The maximum atomic E-state index is 12.8. The van der Waals surface area contributed by atoms with Gasteiger partial charge >= 0.3 is 6.18 Å². The maximum absolute atomic E-state index is 12.8. The molecule has 0 amide bonds.